The fourth-order valence-electron chi connectivity index (χ4n) is 4.83. The summed E-state index contributed by atoms with van der Waals surface area (Å²) < 4.78 is 6.85. The van der Waals surface area contributed by atoms with Crippen molar-refractivity contribution in [3.8, 4) is 0 Å². The van der Waals surface area contributed by atoms with Crippen molar-refractivity contribution in [1.29, 1.82) is 0 Å². The van der Waals surface area contributed by atoms with Crippen molar-refractivity contribution >= 4 is 11.9 Å². The Labute approximate surface area is 173 Å². The molecule has 5 heterocycles. The van der Waals surface area contributed by atoms with Crippen LogP contribution in [0.4, 0.5) is 5.95 Å². The lowest BCUT2D eigenvalue weighted by Gasteiger charge is -2.46. The van der Waals surface area contributed by atoms with Crippen molar-refractivity contribution in [3.05, 3.63) is 76.9 Å². The number of hydrogen-bond acceptors (Lipinski definition) is 6. The van der Waals surface area contributed by atoms with Crippen molar-refractivity contribution in [1.82, 2.24) is 19.4 Å². The van der Waals surface area contributed by atoms with E-state index in [-0.39, 0.29) is 23.3 Å². The Morgan fingerprint density at radius 1 is 1.20 bits per heavy atom. The molecule has 0 aromatic carbocycles. The maximum absolute atomic E-state index is 13.6. The molecule has 2 bridgehead atoms. The molecule has 3 aromatic rings. The summed E-state index contributed by atoms with van der Waals surface area (Å²) in [5.41, 5.74) is 1.71. The molecule has 5 rings (SSSR count). The van der Waals surface area contributed by atoms with Crippen molar-refractivity contribution in [2.75, 3.05) is 25.0 Å². The second-order valence-corrected chi connectivity index (χ2v) is 8.08. The predicted octanol–water partition coefficient (Wildman–Crippen LogP) is 2.05. The van der Waals surface area contributed by atoms with Gasteiger partial charge in [0.1, 0.15) is 6.04 Å². The molecule has 3 aromatic heterocycles. The Morgan fingerprint density at radius 3 is 2.80 bits per heavy atom. The highest BCUT2D eigenvalue weighted by Crippen LogP contribution is 2.42. The van der Waals surface area contributed by atoms with Crippen LogP contribution in [0.5, 0.6) is 0 Å². The molecule has 2 aliphatic heterocycles. The summed E-state index contributed by atoms with van der Waals surface area (Å²) in [6.45, 7) is 1.80. The third-order valence-electron chi connectivity index (χ3n) is 6.11. The Hall–Kier alpha value is -3.42. The standard InChI is InChI=1S/C22H23N5O3/c1-25(11-15-6-9-30-14-15)21(29)20-17-10-16(18-4-2-5-19(28)27(18)20)12-26(13-17)22-23-7-3-8-24-22/h2-9,14,16-17,20H,10-13H2,1H3/t16-,17+,20-/m1/s1. The first-order valence-electron chi connectivity index (χ1n) is 10.1. The molecule has 0 unspecified atom stereocenters. The van der Waals surface area contributed by atoms with Crippen LogP contribution in [0.2, 0.25) is 0 Å². The molecule has 1 fully saturated rings. The van der Waals surface area contributed by atoms with E-state index in [1.807, 2.05) is 12.1 Å². The number of fused-ring (bicyclic) bond motifs is 4. The number of anilines is 1. The van der Waals surface area contributed by atoms with Crippen LogP contribution >= 0.6 is 0 Å². The SMILES string of the molecule is CN(Cc1ccoc1)C(=O)[C@H]1[C@H]2C[C@H](CN(c3ncccn3)C2)c2cccc(=O)n21. The van der Waals surface area contributed by atoms with Crippen LogP contribution in [0, 0.1) is 5.92 Å². The minimum Gasteiger partial charge on any atom is -0.472 e. The van der Waals surface area contributed by atoms with Gasteiger partial charge in [-0.25, -0.2) is 9.97 Å². The molecular formula is C22H23N5O3. The number of amides is 1. The van der Waals surface area contributed by atoms with E-state index in [9.17, 15) is 9.59 Å². The van der Waals surface area contributed by atoms with Gasteiger partial charge in [-0.2, -0.15) is 0 Å². The number of rotatable bonds is 4. The number of piperidine rings is 1. The first-order chi connectivity index (χ1) is 14.6. The maximum Gasteiger partial charge on any atom is 0.251 e. The average Bonchev–Trinajstić information content (AvgIpc) is 3.28. The van der Waals surface area contributed by atoms with Crippen LogP contribution in [-0.2, 0) is 11.3 Å². The topological polar surface area (TPSA) is 84.5 Å². The number of pyridine rings is 1. The Bertz CT molecular complexity index is 1100. The lowest BCUT2D eigenvalue weighted by molar-refractivity contribution is -0.136. The zero-order chi connectivity index (χ0) is 20.7. The molecule has 154 valence electrons. The van der Waals surface area contributed by atoms with Gasteiger partial charge in [-0.1, -0.05) is 6.07 Å². The predicted molar refractivity (Wildman–Crippen MR) is 110 cm³/mol. The summed E-state index contributed by atoms with van der Waals surface area (Å²) in [6, 6.07) is 8.38. The number of carbonyl (C=O) groups excluding carboxylic acids is 1. The fourth-order valence-corrected chi connectivity index (χ4v) is 4.83. The summed E-state index contributed by atoms with van der Waals surface area (Å²) in [7, 11) is 1.77. The number of likely N-dealkylation sites (N-methyl/N-ethyl adjacent to an activating group) is 1. The third-order valence-corrected chi connectivity index (χ3v) is 6.11. The van der Waals surface area contributed by atoms with E-state index in [2.05, 4.69) is 14.9 Å². The number of furan rings is 1. The number of aromatic nitrogens is 3. The van der Waals surface area contributed by atoms with E-state index < -0.39 is 6.04 Å². The van der Waals surface area contributed by atoms with E-state index in [1.165, 1.54) is 0 Å². The van der Waals surface area contributed by atoms with E-state index in [0.717, 1.165) is 24.2 Å². The van der Waals surface area contributed by atoms with Crippen LogP contribution < -0.4 is 10.5 Å². The van der Waals surface area contributed by atoms with Gasteiger partial charge in [-0.05, 0) is 24.6 Å². The minimum atomic E-state index is -0.548. The molecule has 0 radical (unpaired) electrons. The monoisotopic (exact) mass is 405 g/mol. The number of hydrogen-bond donors (Lipinski definition) is 0. The van der Waals surface area contributed by atoms with Crippen LogP contribution in [0.3, 0.4) is 0 Å². The number of carbonyl (C=O) groups is 1. The average molecular weight is 405 g/mol. The molecule has 0 saturated carbocycles. The second-order valence-electron chi connectivity index (χ2n) is 8.08. The molecule has 0 aliphatic carbocycles. The molecule has 1 saturated heterocycles. The van der Waals surface area contributed by atoms with Gasteiger partial charge in [0, 0.05) is 68.2 Å². The van der Waals surface area contributed by atoms with E-state index in [4.69, 9.17) is 4.42 Å². The molecule has 30 heavy (non-hydrogen) atoms. The lowest BCUT2D eigenvalue weighted by Crippen LogP contribution is -2.53. The Balaban J connectivity index is 1.52. The number of nitrogens with zero attached hydrogens (tertiary/aromatic N) is 5. The summed E-state index contributed by atoms with van der Waals surface area (Å²) in [5.74, 6) is 0.756. The normalized spacial score (nSPS) is 22.4. The molecule has 3 atom stereocenters. The van der Waals surface area contributed by atoms with Gasteiger partial charge in [-0.15, -0.1) is 0 Å². The quantitative estimate of drug-likeness (QED) is 0.661. The van der Waals surface area contributed by atoms with E-state index in [0.29, 0.717) is 19.0 Å². The summed E-state index contributed by atoms with van der Waals surface area (Å²) in [5, 5.41) is 0. The maximum atomic E-state index is 13.6. The van der Waals surface area contributed by atoms with E-state index >= 15 is 0 Å². The van der Waals surface area contributed by atoms with Gasteiger partial charge in [0.15, 0.2) is 0 Å². The van der Waals surface area contributed by atoms with Crippen molar-refractivity contribution in [3.63, 3.8) is 0 Å². The van der Waals surface area contributed by atoms with Gasteiger partial charge in [0.25, 0.3) is 5.56 Å². The minimum absolute atomic E-state index is 0.000504. The highest BCUT2D eigenvalue weighted by atomic mass is 16.3. The third kappa shape index (κ3) is 3.18. The zero-order valence-corrected chi connectivity index (χ0v) is 16.7. The van der Waals surface area contributed by atoms with Crippen LogP contribution in [0.15, 0.2) is 64.5 Å². The molecule has 8 heteroatoms. The zero-order valence-electron chi connectivity index (χ0n) is 16.7. The van der Waals surface area contributed by atoms with Gasteiger partial charge < -0.3 is 14.2 Å². The largest absolute Gasteiger partial charge is 0.472 e. The summed E-state index contributed by atoms with van der Waals surface area (Å²) in [6.07, 6.45) is 7.55. The van der Waals surface area contributed by atoms with Gasteiger partial charge in [0.2, 0.25) is 11.9 Å². The van der Waals surface area contributed by atoms with Crippen LogP contribution in [0.1, 0.15) is 29.6 Å². The summed E-state index contributed by atoms with van der Waals surface area (Å²) >= 11 is 0. The second kappa shape index (κ2) is 7.44. The van der Waals surface area contributed by atoms with Crippen molar-refractivity contribution in [2.24, 2.45) is 5.92 Å². The van der Waals surface area contributed by atoms with Crippen LogP contribution in [-0.4, -0.2) is 45.5 Å². The molecule has 2 aliphatic rings. The molecule has 1 amide bonds. The van der Waals surface area contributed by atoms with Gasteiger partial charge in [-0.3, -0.25) is 14.2 Å². The van der Waals surface area contributed by atoms with Crippen molar-refractivity contribution in [2.45, 2.75) is 24.9 Å². The van der Waals surface area contributed by atoms with Crippen LogP contribution in [0.25, 0.3) is 0 Å². The van der Waals surface area contributed by atoms with Gasteiger partial charge in [0.05, 0.1) is 12.5 Å². The highest BCUT2D eigenvalue weighted by Gasteiger charge is 2.45. The smallest absolute Gasteiger partial charge is 0.251 e. The lowest BCUT2D eigenvalue weighted by atomic mass is 9.78. The summed E-state index contributed by atoms with van der Waals surface area (Å²) in [4.78, 5) is 39.0. The highest BCUT2D eigenvalue weighted by molar-refractivity contribution is 5.81. The fraction of sp³-hybridized carbons (Fsp3) is 0.364. The van der Waals surface area contributed by atoms with Crippen molar-refractivity contribution < 1.29 is 9.21 Å². The molecule has 0 N–H and O–H groups in total. The first-order valence-corrected chi connectivity index (χ1v) is 10.1. The van der Waals surface area contributed by atoms with Gasteiger partial charge >= 0.3 is 0 Å². The Morgan fingerprint density at radius 2 is 2.03 bits per heavy atom. The Kier molecular flexibility index (Phi) is 4.61. The first kappa shape index (κ1) is 18.6. The molecular weight excluding hydrogens is 382 g/mol. The van der Waals surface area contributed by atoms with E-state index in [1.54, 1.807) is 59.6 Å². The molecule has 0 spiro atoms. The molecule has 8 nitrogen and oxygen atoms in total.